The van der Waals surface area contributed by atoms with Crippen LogP contribution in [0.4, 0.5) is 0 Å². The minimum absolute atomic E-state index is 0.0656. The van der Waals surface area contributed by atoms with Gasteiger partial charge in [-0.15, -0.1) is 0 Å². The van der Waals surface area contributed by atoms with Crippen LogP contribution in [-0.4, -0.2) is 48.4 Å². The summed E-state index contributed by atoms with van der Waals surface area (Å²) in [6, 6.07) is 8.65. The maximum absolute atomic E-state index is 10.1. The van der Waals surface area contributed by atoms with E-state index in [1.165, 1.54) is 28.4 Å². The Morgan fingerprint density at radius 2 is 1.07 bits per heavy atom. The molecule has 0 fully saturated rings. The molecule has 3 rings (SSSR count). The summed E-state index contributed by atoms with van der Waals surface area (Å²) in [6.07, 6.45) is 0. The molecule has 1 heterocycles. The van der Waals surface area contributed by atoms with Crippen molar-refractivity contribution in [1.82, 2.24) is 9.78 Å². The van der Waals surface area contributed by atoms with Gasteiger partial charge in [0.15, 0.2) is 23.0 Å². The van der Waals surface area contributed by atoms with Crippen LogP contribution in [0.15, 0.2) is 30.3 Å². The quantitative estimate of drug-likeness (QED) is 0.672. The van der Waals surface area contributed by atoms with Crippen molar-refractivity contribution in [1.29, 1.82) is 0 Å². The highest BCUT2D eigenvalue weighted by atomic mass is 16.5. The van der Waals surface area contributed by atoms with Gasteiger partial charge in [0.1, 0.15) is 0 Å². The Morgan fingerprint density at radius 3 is 1.46 bits per heavy atom. The molecule has 0 aliphatic rings. The smallest absolute Gasteiger partial charge is 0.200 e. The molecule has 0 radical (unpaired) electrons. The molecule has 0 spiro atoms. The number of nitrogens with zero attached hydrogens (tertiary/aromatic N) is 2. The van der Waals surface area contributed by atoms with Crippen LogP contribution >= 0.6 is 0 Å². The molecule has 2 N–H and O–H groups in total. The Balaban J connectivity index is 2.13. The minimum atomic E-state index is -0.0714. The van der Waals surface area contributed by atoms with Crippen molar-refractivity contribution in [3.05, 3.63) is 30.3 Å². The van der Waals surface area contributed by atoms with Gasteiger partial charge in [-0.25, -0.2) is 0 Å². The molecular weight excluding hydrogens is 364 g/mol. The van der Waals surface area contributed by atoms with Crippen LogP contribution in [0.2, 0.25) is 0 Å². The monoisotopic (exact) mass is 386 g/mol. The Labute approximate surface area is 162 Å². The third-order valence-corrected chi connectivity index (χ3v) is 4.43. The number of phenolic OH excluding ortho intramolecular Hbond substituents is 2. The molecule has 8 nitrogen and oxygen atoms in total. The van der Waals surface area contributed by atoms with Gasteiger partial charge in [0, 0.05) is 18.2 Å². The van der Waals surface area contributed by atoms with E-state index < -0.39 is 0 Å². The Kier molecular flexibility index (Phi) is 5.21. The third-order valence-electron chi connectivity index (χ3n) is 4.43. The fraction of sp³-hybridized carbons (Fsp3) is 0.250. The van der Waals surface area contributed by atoms with Crippen molar-refractivity contribution in [2.24, 2.45) is 7.05 Å². The number of hydrogen-bond donors (Lipinski definition) is 2. The summed E-state index contributed by atoms with van der Waals surface area (Å²) in [5, 5.41) is 24.8. The minimum Gasteiger partial charge on any atom is -0.502 e. The fourth-order valence-corrected chi connectivity index (χ4v) is 2.96. The predicted octanol–water partition coefficient (Wildman–Crippen LogP) is 3.20. The lowest BCUT2D eigenvalue weighted by Crippen LogP contribution is -1.96. The molecule has 1 aromatic heterocycles. The maximum atomic E-state index is 10.1. The molecule has 8 heteroatoms. The average molecular weight is 386 g/mol. The summed E-state index contributed by atoms with van der Waals surface area (Å²) >= 11 is 0. The van der Waals surface area contributed by atoms with Crippen molar-refractivity contribution in [2.75, 3.05) is 28.4 Å². The van der Waals surface area contributed by atoms with Gasteiger partial charge in [-0.2, -0.15) is 5.10 Å². The van der Waals surface area contributed by atoms with Gasteiger partial charge < -0.3 is 29.2 Å². The van der Waals surface area contributed by atoms with E-state index in [-0.39, 0.29) is 23.0 Å². The second kappa shape index (κ2) is 7.59. The second-order valence-corrected chi connectivity index (χ2v) is 6.00. The number of hydrogen-bond acceptors (Lipinski definition) is 7. The number of aryl methyl sites for hydroxylation is 1. The number of methoxy groups -OCH3 is 4. The second-order valence-electron chi connectivity index (χ2n) is 6.00. The molecule has 148 valence electrons. The Morgan fingerprint density at radius 1 is 0.679 bits per heavy atom. The van der Waals surface area contributed by atoms with Crippen molar-refractivity contribution >= 4 is 0 Å². The van der Waals surface area contributed by atoms with E-state index in [1.807, 2.05) is 6.07 Å². The largest absolute Gasteiger partial charge is 0.502 e. The normalized spacial score (nSPS) is 10.6. The molecule has 0 aliphatic heterocycles. The molecule has 0 bridgehead atoms. The zero-order valence-corrected chi connectivity index (χ0v) is 16.3. The first-order chi connectivity index (χ1) is 13.4. The van der Waals surface area contributed by atoms with E-state index in [1.54, 1.807) is 36.0 Å². The summed E-state index contributed by atoms with van der Waals surface area (Å²) in [5.74, 6) is 1.03. The molecule has 0 amide bonds. The number of phenols is 2. The van der Waals surface area contributed by atoms with Crippen molar-refractivity contribution in [2.45, 2.75) is 0 Å². The molecule has 28 heavy (non-hydrogen) atoms. The van der Waals surface area contributed by atoms with Crippen LogP contribution in [0, 0.1) is 0 Å². The van der Waals surface area contributed by atoms with Crippen LogP contribution in [0.25, 0.3) is 22.5 Å². The van der Waals surface area contributed by atoms with E-state index in [0.717, 1.165) is 11.3 Å². The first kappa shape index (κ1) is 19.2. The predicted molar refractivity (Wildman–Crippen MR) is 104 cm³/mol. The molecule has 0 aliphatic carbocycles. The van der Waals surface area contributed by atoms with Gasteiger partial charge in [-0.05, 0) is 30.3 Å². The molecule has 0 saturated carbocycles. The number of aromatic nitrogens is 2. The summed E-state index contributed by atoms with van der Waals surface area (Å²) < 4.78 is 22.6. The highest BCUT2D eigenvalue weighted by Crippen LogP contribution is 2.42. The first-order valence-electron chi connectivity index (χ1n) is 8.38. The Hall–Kier alpha value is -3.55. The third kappa shape index (κ3) is 3.24. The molecule has 2 aromatic carbocycles. The summed E-state index contributed by atoms with van der Waals surface area (Å²) in [6.45, 7) is 0. The van der Waals surface area contributed by atoms with E-state index in [0.29, 0.717) is 22.8 Å². The van der Waals surface area contributed by atoms with Crippen LogP contribution in [0.1, 0.15) is 0 Å². The lowest BCUT2D eigenvalue weighted by Gasteiger charge is -2.11. The number of benzene rings is 2. The van der Waals surface area contributed by atoms with Crippen LogP contribution in [-0.2, 0) is 7.05 Å². The lowest BCUT2D eigenvalue weighted by atomic mass is 10.1. The molecule has 0 atom stereocenters. The van der Waals surface area contributed by atoms with E-state index >= 15 is 0 Å². The number of ether oxygens (including phenoxy) is 4. The van der Waals surface area contributed by atoms with E-state index in [4.69, 9.17) is 18.9 Å². The molecular formula is C20H22N2O6. The average Bonchev–Trinajstić information content (AvgIpc) is 3.10. The van der Waals surface area contributed by atoms with Gasteiger partial charge in [0.2, 0.25) is 11.5 Å². The van der Waals surface area contributed by atoms with Crippen LogP contribution in [0.5, 0.6) is 34.5 Å². The highest BCUT2D eigenvalue weighted by molar-refractivity contribution is 5.75. The van der Waals surface area contributed by atoms with Crippen molar-refractivity contribution in [3.8, 4) is 57.0 Å². The fourth-order valence-electron chi connectivity index (χ4n) is 2.96. The lowest BCUT2D eigenvalue weighted by molar-refractivity contribution is 0.340. The van der Waals surface area contributed by atoms with Gasteiger partial charge in [0.25, 0.3) is 0 Å². The number of rotatable bonds is 6. The summed E-state index contributed by atoms with van der Waals surface area (Å²) in [4.78, 5) is 0. The van der Waals surface area contributed by atoms with Crippen LogP contribution in [0.3, 0.4) is 0 Å². The van der Waals surface area contributed by atoms with Gasteiger partial charge in [0.05, 0.1) is 39.8 Å². The standard InChI is InChI=1S/C20H22N2O6/c1-22-14(12-8-17(27-4)20(24)18(9-12)28-5)10-13(21-22)11-6-15(25-2)19(23)16(7-11)26-3/h6-10,23-24H,1-5H3. The van der Waals surface area contributed by atoms with E-state index in [2.05, 4.69) is 5.10 Å². The molecule has 0 unspecified atom stereocenters. The van der Waals surface area contributed by atoms with Gasteiger partial charge >= 0.3 is 0 Å². The van der Waals surface area contributed by atoms with Crippen molar-refractivity contribution < 1.29 is 29.2 Å². The summed E-state index contributed by atoms with van der Waals surface area (Å²) in [7, 11) is 7.69. The molecule has 0 saturated heterocycles. The van der Waals surface area contributed by atoms with Gasteiger partial charge in [-0.1, -0.05) is 0 Å². The number of aromatic hydroxyl groups is 2. The zero-order valence-electron chi connectivity index (χ0n) is 16.3. The van der Waals surface area contributed by atoms with Crippen molar-refractivity contribution in [3.63, 3.8) is 0 Å². The SMILES string of the molecule is COc1cc(-c2cc(-c3cc(OC)c(O)c(OC)c3)n(C)n2)cc(OC)c1O. The van der Waals surface area contributed by atoms with E-state index in [9.17, 15) is 10.2 Å². The maximum Gasteiger partial charge on any atom is 0.200 e. The van der Waals surface area contributed by atoms with Crippen LogP contribution < -0.4 is 18.9 Å². The highest BCUT2D eigenvalue weighted by Gasteiger charge is 2.18. The topological polar surface area (TPSA) is 95.2 Å². The first-order valence-corrected chi connectivity index (χ1v) is 8.38. The Bertz CT molecular complexity index is 962. The zero-order chi connectivity index (χ0) is 20.4. The van der Waals surface area contributed by atoms with Gasteiger partial charge in [-0.3, -0.25) is 4.68 Å². The molecule has 3 aromatic rings. The summed E-state index contributed by atoms with van der Waals surface area (Å²) in [5.41, 5.74) is 2.90.